The maximum absolute atomic E-state index is 8.93. The van der Waals surface area contributed by atoms with Gasteiger partial charge in [-0.05, 0) is 57.0 Å². The molecule has 0 spiro atoms. The van der Waals surface area contributed by atoms with Gasteiger partial charge in [-0.3, -0.25) is 0 Å². The van der Waals surface area contributed by atoms with Crippen molar-refractivity contribution in [2.45, 2.75) is 67.1 Å². The topological polar surface area (TPSA) is 25.8 Å². The second kappa shape index (κ2) is 13.6. The fourth-order valence-electron chi connectivity index (χ4n) is 5.40. The first-order valence-corrected chi connectivity index (χ1v) is 19.2. The van der Waals surface area contributed by atoms with Crippen molar-refractivity contribution in [2.24, 2.45) is 5.41 Å². The smallest absolute Gasteiger partial charge is 0.0798 e. The molecular formula is C39H42IrN2SSi-2. The van der Waals surface area contributed by atoms with Gasteiger partial charge in [0, 0.05) is 38.6 Å². The summed E-state index contributed by atoms with van der Waals surface area (Å²) < 4.78 is 11.4. The third-order valence-corrected chi connectivity index (χ3v) is 11.5. The van der Waals surface area contributed by atoms with Crippen LogP contribution in [-0.4, -0.2) is 18.0 Å². The molecule has 0 saturated carbocycles. The molecule has 0 aliphatic heterocycles. The van der Waals surface area contributed by atoms with E-state index in [0.717, 1.165) is 28.1 Å². The summed E-state index contributed by atoms with van der Waals surface area (Å²) in [7, 11) is -1.27. The predicted octanol–water partition coefficient (Wildman–Crippen LogP) is 10.8. The summed E-state index contributed by atoms with van der Waals surface area (Å²) >= 11 is 1.80. The molecule has 5 heteroatoms. The Morgan fingerprint density at radius 2 is 1.61 bits per heavy atom. The first kappa shape index (κ1) is 32.4. The molecule has 0 N–H and O–H groups in total. The summed E-state index contributed by atoms with van der Waals surface area (Å²) in [6.07, 6.45) is 3.88. The monoisotopic (exact) mass is 792 g/mol. The van der Waals surface area contributed by atoms with Crippen LogP contribution < -0.4 is 5.19 Å². The van der Waals surface area contributed by atoms with Crippen LogP contribution in [0.25, 0.3) is 42.7 Å². The molecule has 44 heavy (non-hydrogen) atoms. The summed E-state index contributed by atoms with van der Waals surface area (Å²) in [4.78, 5) is 9.23. The molecule has 0 fully saturated rings. The number of fused-ring (bicyclic) bond motifs is 3. The quantitative estimate of drug-likeness (QED) is 0.131. The summed E-state index contributed by atoms with van der Waals surface area (Å²) in [5, 5.41) is 4.03. The van der Waals surface area contributed by atoms with E-state index in [2.05, 4.69) is 131 Å². The van der Waals surface area contributed by atoms with E-state index in [0.29, 0.717) is 0 Å². The first-order chi connectivity index (χ1) is 20.7. The van der Waals surface area contributed by atoms with Crippen molar-refractivity contribution in [3.63, 3.8) is 0 Å². The van der Waals surface area contributed by atoms with Gasteiger partial charge in [0.05, 0.1) is 8.07 Å². The van der Waals surface area contributed by atoms with E-state index in [4.69, 9.17) is 1.37 Å². The molecule has 1 radical (unpaired) electrons. The second-order valence-corrected chi connectivity index (χ2v) is 19.5. The Bertz CT molecular complexity index is 1940. The number of aryl methyl sites for hydroxylation is 2. The maximum atomic E-state index is 8.93. The largest absolute Gasteiger partial charge is 0.305 e. The minimum absolute atomic E-state index is 0. The van der Waals surface area contributed by atoms with E-state index >= 15 is 0 Å². The molecule has 3 aromatic carbocycles. The Balaban J connectivity index is 0.000000222. The van der Waals surface area contributed by atoms with Crippen LogP contribution in [0.15, 0.2) is 85.2 Å². The summed E-state index contributed by atoms with van der Waals surface area (Å²) in [5.74, 6) is -0.700. The third kappa shape index (κ3) is 7.29. The molecule has 1 unspecified atom stereocenters. The molecule has 0 amide bonds. The van der Waals surface area contributed by atoms with Crippen molar-refractivity contribution in [2.75, 3.05) is 0 Å². The fraction of sp³-hybridized carbons (Fsp3) is 0.282. The molecule has 3 heterocycles. The fourth-order valence-corrected chi connectivity index (χ4v) is 8.39. The molecule has 6 aromatic rings. The predicted molar refractivity (Wildman–Crippen MR) is 190 cm³/mol. The van der Waals surface area contributed by atoms with E-state index in [9.17, 15) is 0 Å². The van der Waals surface area contributed by atoms with E-state index in [-0.39, 0.29) is 25.5 Å². The Labute approximate surface area is 283 Å². The molecule has 6 rings (SSSR count). The summed E-state index contributed by atoms with van der Waals surface area (Å²) in [5.41, 5.74) is 7.42. The molecule has 0 bridgehead atoms. The van der Waals surface area contributed by atoms with Gasteiger partial charge in [-0.1, -0.05) is 101 Å². The number of nitrogens with zero attached hydrogens (tertiary/aromatic N) is 2. The van der Waals surface area contributed by atoms with Crippen LogP contribution in [0.3, 0.4) is 0 Å². The number of hydrogen-bond donors (Lipinski definition) is 0. The van der Waals surface area contributed by atoms with E-state index in [1.54, 1.807) is 11.3 Å². The second-order valence-electron chi connectivity index (χ2n) is 13.4. The van der Waals surface area contributed by atoms with Gasteiger partial charge in [0.15, 0.2) is 0 Å². The molecular weight excluding hydrogens is 749 g/mol. The van der Waals surface area contributed by atoms with Crippen molar-refractivity contribution >= 4 is 44.8 Å². The van der Waals surface area contributed by atoms with Crippen LogP contribution in [-0.2, 0) is 20.1 Å². The molecule has 0 aliphatic rings. The zero-order valence-electron chi connectivity index (χ0n) is 28.2. The number of pyridine rings is 2. The van der Waals surface area contributed by atoms with Gasteiger partial charge in [0.25, 0.3) is 0 Å². The summed E-state index contributed by atoms with van der Waals surface area (Å²) in [6, 6.07) is 31.5. The van der Waals surface area contributed by atoms with Crippen molar-refractivity contribution in [1.82, 2.24) is 9.97 Å². The van der Waals surface area contributed by atoms with Crippen LogP contribution in [0.4, 0.5) is 0 Å². The minimum atomic E-state index is -1.27. The molecule has 2 nitrogen and oxygen atoms in total. The first-order valence-electron chi connectivity index (χ1n) is 15.4. The van der Waals surface area contributed by atoms with Crippen molar-refractivity contribution in [3.8, 4) is 22.5 Å². The molecule has 229 valence electrons. The normalized spacial score (nSPS) is 13.4. The summed E-state index contributed by atoms with van der Waals surface area (Å²) in [6.45, 7) is 19.7. The average molecular weight is 792 g/mol. The maximum Gasteiger partial charge on any atom is 0.0798 e. The SMILES string of the molecule is Cc1cc(-c2[c-]cccc2)ncc1[Si](C)(C)C.[2H]C(C)(c1ccnc(-c2[c-]cc(C)c3c2sc2ccccc23)c1)C(C)(C)C.[Ir]. The Morgan fingerprint density at radius 3 is 2.27 bits per heavy atom. The average Bonchev–Trinajstić information content (AvgIpc) is 3.37. The van der Waals surface area contributed by atoms with Gasteiger partial charge < -0.3 is 9.97 Å². The number of hydrogen-bond acceptors (Lipinski definition) is 3. The zero-order valence-corrected chi connectivity index (χ0v) is 31.4. The van der Waals surface area contributed by atoms with E-state index in [1.165, 1.54) is 36.5 Å². The Kier molecular flexibility index (Phi) is 10.0. The number of thiophene rings is 1. The zero-order chi connectivity index (χ0) is 31.9. The van der Waals surface area contributed by atoms with Crippen molar-refractivity contribution in [3.05, 3.63) is 114 Å². The molecule has 0 saturated heterocycles. The standard InChI is InChI=1S/C24H24NS.C15H18NSi.Ir/c1-15-10-11-18(23-22(15)19-8-6-7-9-21(19)26-23)20-14-17(12-13-25-20)16(2)24(3,4)5;1-12-10-14(13-8-6-5-7-9-13)16-11-15(12)17(2,3)4;/h6-10,12-14,16H,1-5H3;5-8,10-11H,1-4H3;/q2*-1;/i16D;;. The number of aromatic nitrogens is 2. The van der Waals surface area contributed by atoms with E-state index in [1.807, 2.05) is 37.4 Å². The van der Waals surface area contributed by atoms with Crippen LogP contribution in [0.5, 0.6) is 0 Å². The number of benzene rings is 3. The Hall–Kier alpha value is -2.95. The van der Waals surface area contributed by atoms with E-state index < -0.39 is 14.0 Å². The van der Waals surface area contributed by atoms with Gasteiger partial charge in [-0.25, -0.2) is 0 Å². The Morgan fingerprint density at radius 1 is 0.886 bits per heavy atom. The molecule has 0 aliphatic carbocycles. The third-order valence-electron chi connectivity index (χ3n) is 8.13. The van der Waals surface area contributed by atoms with Crippen molar-refractivity contribution in [1.29, 1.82) is 0 Å². The van der Waals surface area contributed by atoms with Crippen LogP contribution in [0, 0.1) is 31.4 Å². The van der Waals surface area contributed by atoms with Crippen LogP contribution in [0.1, 0.15) is 51.7 Å². The van der Waals surface area contributed by atoms with Gasteiger partial charge in [-0.2, -0.15) is 11.3 Å². The molecule has 1 atom stereocenters. The van der Waals surface area contributed by atoms with Crippen molar-refractivity contribution < 1.29 is 21.5 Å². The van der Waals surface area contributed by atoms with Gasteiger partial charge in [-0.15, -0.1) is 59.2 Å². The van der Waals surface area contributed by atoms with Crippen LogP contribution >= 0.6 is 11.3 Å². The minimum Gasteiger partial charge on any atom is -0.305 e. The molecule has 3 aromatic heterocycles. The van der Waals surface area contributed by atoms with Gasteiger partial charge in [0.2, 0.25) is 0 Å². The van der Waals surface area contributed by atoms with Crippen LogP contribution in [0.2, 0.25) is 19.6 Å². The van der Waals surface area contributed by atoms with Gasteiger partial charge in [0.1, 0.15) is 0 Å². The van der Waals surface area contributed by atoms with Gasteiger partial charge >= 0.3 is 0 Å². The number of rotatable bonds is 4.